The highest BCUT2D eigenvalue weighted by Gasteiger charge is 2.32. The lowest BCUT2D eigenvalue weighted by Gasteiger charge is -2.09. The molecule has 0 saturated carbocycles. The van der Waals surface area contributed by atoms with Gasteiger partial charge in [-0.1, -0.05) is 0 Å². The standard InChI is InChI=1S/C17H18NO4/c1-21-15-9-12-8-13(7-11-3-5-18(20)6-4-11)17(19)14(12)10-16(15)22-2/h3-6,9-10,13,20H,7-8H2,1-2H3/q+1. The Hall–Kier alpha value is -2.56. The van der Waals surface area contributed by atoms with Crippen LogP contribution in [0.1, 0.15) is 21.5 Å². The predicted octanol–water partition coefficient (Wildman–Crippen LogP) is 1.83. The maximum atomic E-state index is 12.6. The fourth-order valence-corrected chi connectivity index (χ4v) is 2.93. The van der Waals surface area contributed by atoms with Gasteiger partial charge in [0.25, 0.3) is 0 Å². The lowest BCUT2D eigenvalue weighted by atomic mass is 9.96. The number of carbonyl (C=O) groups excluding carboxylic acids is 1. The van der Waals surface area contributed by atoms with Crippen LogP contribution in [0.5, 0.6) is 11.5 Å². The Labute approximate surface area is 128 Å². The molecule has 0 saturated heterocycles. The summed E-state index contributed by atoms with van der Waals surface area (Å²) < 4.78 is 11.6. The van der Waals surface area contributed by atoms with Gasteiger partial charge in [-0.15, -0.1) is 0 Å². The zero-order valence-corrected chi connectivity index (χ0v) is 12.6. The SMILES string of the molecule is COc1cc2c(cc1OC)C(=O)C(Cc1cc[n+](O)cc1)C2. The topological polar surface area (TPSA) is 59.6 Å². The van der Waals surface area contributed by atoms with E-state index in [2.05, 4.69) is 0 Å². The van der Waals surface area contributed by atoms with Crippen molar-refractivity contribution >= 4 is 5.78 Å². The van der Waals surface area contributed by atoms with Crippen molar-refractivity contribution in [1.29, 1.82) is 0 Å². The second kappa shape index (κ2) is 5.67. The average molecular weight is 300 g/mol. The second-order valence-corrected chi connectivity index (χ2v) is 5.42. The van der Waals surface area contributed by atoms with Gasteiger partial charge in [-0.05, 0) is 36.1 Å². The highest BCUT2D eigenvalue weighted by Crippen LogP contribution is 2.37. The van der Waals surface area contributed by atoms with E-state index in [0.717, 1.165) is 21.4 Å². The highest BCUT2D eigenvalue weighted by atomic mass is 16.5. The Morgan fingerprint density at radius 3 is 2.45 bits per heavy atom. The summed E-state index contributed by atoms with van der Waals surface area (Å²) in [5.74, 6) is 1.28. The number of fused-ring (bicyclic) bond motifs is 1. The normalized spacial score (nSPS) is 16.5. The molecule has 1 heterocycles. The molecular formula is C17H18NO4+. The van der Waals surface area contributed by atoms with E-state index in [9.17, 15) is 10.0 Å². The van der Waals surface area contributed by atoms with Crippen molar-refractivity contribution in [2.75, 3.05) is 14.2 Å². The summed E-state index contributed by atoms with van der Waals surface area (Å²) in [6.45, 7) is 0. The first-order chi connectivity index (χ1) is 10.6. The molecule has 0 amide bonds. The number of Topliss-reactive ketones (excluding diaryl/α,β-unsaturated/α-hetero) is 1. The molecule has 22 heavy (non-hydrogen) atoms. The Balaban J connectivity index is 1.86. The largest absolute Gasteiger partial charge is 0.493 e. The van der Waals surface area contributed by atoms with Crippen LogP contribution in [0.3, 0.4) is 0 Å². The molecule has 0 aliphatic heterocycles. The maximum Gasteiger partial charge on any atom is 0.222 e. The van der Waals surface area contributed by atoms with Crippen LogP contribution in [0.15, 0.2) is 36.7 Å². The van der Waals surface area contributed by atoms with Gasteiger partial charge in [0.2, 0.25) is 12.4 Å². The molecule has 0 radical (unpaired) electrons. The Morgan fingerprint density at radius 1 is 1.18 bits per heavy atom. The first-order valence-corrected chi connectivity index (χ1v) is 7.11. The molecule has 0 bridgehead atoms. The molecule has 114 valence electrons. The van der Waals surface area contributed by atoms with Gasteiger partial charge in [-0.2, -0.15) is 0 Å². The highest BCUT2D eigenvalue weighted by molar-refractivity contribution is 6.03. The van der Waals surface area contributed by atoms with Gasteiger partial charge < -0.3 is 9.47 Å². The number of nitrogens with zero attached hydrogens (tertiary/aromatic N) is 1. The van der Waals surface area contributed by atoms with Crippen molar-refractivity contribution in [3.05, 3.63) is 53.3 Å². The Bertz CT molecular complexity index is 709. The van der Waals surface area contributed by atoms with Gasteiger partial charge in [0.05, 0.1) is 14.2 Å². The van der Waals surface area contributed by atoms with Gasteiger partial charge >= 0.3 is 0 Å². The van der Waals surface area contributed by atoms with Gasteiger partial charge in [0.1, 0.15) is 0 Å². The molecule has 0 fully saturated rings. The minimum absolute atomic E-state index is 0.0821. The smallest absolute Gasteiger partial charge is 0.222 e. The van der Waals surface area contributed by atoms with Crippen LogP contribution < -0.4 is 14.2 Å². The number of benzene rings is 1. The van der Waals surface area contributed by atoms with Crippen molar-refractivity contribution in [2.45, 2.75) is 12.8 Å². The molecule has 5 heteroatoms. The quantitative estimate of drug-likeness (QED) is 0.691. The van der Waals surface area contributed by atoms with E-state index in [4.69, 9.17) is 9.47 Å². The molecule has 1 N–H and O–H groups in total. The number of rotatable bonds is 4. The van der Waals surface area contributed by atoms with Crippen LogP contribution >= 0.6 is 0 Å². The molecule has 2 aromatic rings. The molecule has 5 nitrogen and oxygen atoms in total. The van der Waals surface area contributed by atoms with E-state index in [1.54, 1.807) is 32.7 Å². The van der Waals surface area contributed by atoms with Gasteiger partial charge in [0.15, 0.2) is 17.3 Å². The Kier molecular flexibility index (Phi) is 3.71. The molecule has 1 aromatic heterocycles. The fourth-order valence-electron chi connectivity index (χ4n) is 2.93. The van der Waals surface area contributed by atoms with E-state index >= 15 is 0 Å². The van der Waals surface area contributed by atoms with E-state index in [1.807, 2.05) is 18.2 Å². The van der Waals surface area contributed by atoms with Crippen molar-refractivity contribution in [1.82, 2.24) is 0 Å². The van der Waals surface area contributed by atoms with Gasteiger partial charge in [-0.3, -0.25) is 10.0 Å². The first kappa shape index (κ1) is 14.4. The molecule has 1 atom stereocenters. The fraction of sp³-hybridized carbons (Fsp3) is 0.294. The average Bonchev–Trinajstić information content (AvgIpc) is 2.83. The number of hydrogen-bond acceptors (Lipinski definition) is 4. The number of aromatic nitrogens is 1. The first-order valence-electron chi connectivity index (χ1n) is 7.11. The lowest BCUT2D eigenvalue weighted by Crippen LogP contribution is -2.28. The van der Waals surface area contributed by atoms with Gasteiger partial charge in [-0.25, -0.2) is 0 Å². The van der Waals surface area contributed by atoms with Crippen molar-refractivity contribution < 1.29 is 24.2 Å². The number of pyridine rings is 1. The molecule has 1 aromatic carbocycles. The molecule has 1 unspecified atom stereocenters. The van der Waals surface area contributed by atoms with E-state index in [1.165, 1.54) is 0 Å². The maximum absolute atomic E-state index is 12.6. The van der Waals surface area contributed by atoms with Crippen LogP contribution in [0.25, 0.3) is 0 Å². The molecule has 1 aliphatic carbocycles. The third-order valence-corrected chi connectivity index (χ3v) is 4.08. The molecular weight excluding hydrogens is 282 g/mol. The van der Waals surface area contributed by atoms with E-state index in [0.29, 0.717) is 24.3 Å². The summed E-state index contributed by atoms with van der Waals surface area (Å²) in [5, 5.41) is 9.25. The van der Waals surface area contributed by atoms with Crippen LogP contribution in [0.2, 0.25) is 0 Å². The van der Waals surface area contributed by atoms with Crippen LogP contribution in [-0.4, -0.2) is 25.2 Å². The number of methoxy groups -OCH3 is 2. The Morgan fingerprint density at radius 2 is 1.82 bits per heavy atom. The monoisotopic (exact) mass is 300 g/mol. The minimum Gasteiger partial charge on any atom is -0.493 e. The zero-order valence-electron chi connectivity index (χ0n) is 12.6. The predicted molar refractivity (Wildman–Crippen MR) is 78.6 cm³/mol. The van der Waals surface area contributed by atoms with Crippen molar-refractivity contribution in [3.63, 3.8) is 0 Å². The van der Waals surface area contributed by atoms with Crippen LogP contribution in [0, 0.1) is 5.92 Å². The lowest BCUT2D eigenvalue weighted by molar-refractivity contribution is -0.904. The summed E-state index contributed by atoms with van der Waals surface area (Å²) in [6.07, 6.45) is 4.48. The van der Waals surface area contributed by atoms with Crippen LogP contribution in [-0.2, 0) is 12.8 Å². The van der Waals surface area contributed by atoms with Crippen molar-refractivity contribution in [2.24, 2.45) is 5.92 Å². The molecule has 1 aliphatic rings. The minimum atomic E-state index is -0.0821. The molecule has 3 rings (SSSR count). The third kappa shape index (κ3) is 2.50. The van der Waals surface area contributed by atoms with E-state index in [-0.39, 0.29) is 11.7 Å². The summed E-state index contributed by atoms with van der Waals surface area (Å²) in [6, 6.07) is 7.29. The summed E-state index contributed by atoms with van der Waals surface area (Å²) in [5.41, 5.74) is 2.74. The van der Waals surface area contributed by atoms with Crippen LogP contribution in [0.4, 0.5) is 0 Å². The molecule has 0 spiro atoms. The van der Waals surface area contributed by atoms with Gasteiger partial charge in [0, 0.05) is 28.3 Å². The number of hydrogen-bond donors (Lipinski definition) is 1. The number of carbonyl (C=O) groups is 1. The second-order valence-electron chi connectivity index (χ2n) is 5.42. The zero-order chi connectivity index (χ0) is 15.7. The summed E-state index contributed by atoms with van der Waals surface area (Å²) >= 11 is 0. The summed E-state index contributed by atoms with van der Waals surface area (Å²) in [4.78, 5) is 12.6. The summed E-state index contributed by atoms with van der Waals surface area (Å²) in [7, 11) is 3.15. The van der Waals surface area contributed by atoms with Crippen molar-refractivity contribution in [3.8, 4) is 11.5 Å². The number of ketones is 1. The van der Waals surface area contributed by atoms with E-state index < -0.39 is 0 Å². The third-order valence-electron chi connectivity index (χ3n) is 4.08. The number of ether oxygens (including phenoxy) is 2.